The standard InChI is InChI=1S/C12H17NO/c1-9-5-6-12(11(8-9)14-12)10-4-3-7-13(10)2/h3-4,7,9,11H,5-6,8H2,1-2H3/t9-,11+,12+/m1/s1. The van der Waals surface area contributed by atoms with E-state index < -0.39 is 0 Å². The van der Waals surface area contributed by atoms with Crippen LogP contribution in [0, 0.1) is 5.92 Å². The van der Waals surface area contributed by atoms with Gasteiger partial charge in [0.25, 0.3) is 0 Å². The summed E-state index contributed by atoms with van der Waals surface area (Å²) < 4.78 is 8.14. The number of rotatable bonds is 1. The van der Waals surface area contributed by atoms with E-state index in [1.54, 1.807) is 0 Å². The molecular formula is C12H17NO. The van der Waals surface area contributed by atoms with Crippen LogP contribution in [0.3, 0.4) is 0 Å². The lowest BCUT2D eigenvalue weighted by Gasteiger charge is -2.22. The van der Waals surface area contributed by atoms with Gasteiger partial charge in [-0.2, -0.15) is 0 Å². The summed E-state index contributed by atoms with van der Waals surface area (Å²) in [4.78, 5) is 0. The average molecular weight is 191 g/mol. The van der Waals surface area contributed by atoms with Gasteiger partial charge in [0.2, 0.25) is 0 Å². The first-order valence-electron chi connectivity index (χ1n) is 5.52. The van der Waals surface area contributed by atoms with Crippen LogP contribution in [0.5, 0.6) is 0 Å². The van der Waals surface area contributed by atoms with Crippen LogP contribution in [0.15, 0.2) is 18.3 Å². The summed E-state index contributed by atoms with van der Waals surface area (Å²) in [5.41, 5.74) is 1.47. The van der Waals surface area contributed by atoms with Crippen molar-refractivity contribution in [2.45, 2.75) is 37.9 Å². The molecule has 0 spiro atoms. The van der Waals surface area contributed by atoms with Crippen LogP contribution < -0.4 is 0 Å². The van der Waals surface area contributed by atoms with E-state index in [1.807, 2.05) is 0 Å². The fourth-order valence-electron chi connectivity index (χ4n) is 2.88. The molecule has 0 unspecified atom stereocenters. The van der Waals surface area contributed by atoms with Gasteiger partial charge in [-0.15, -0.1) is 0 Å². The number of hydrogen-bond acceptors (Lipinski definition) is 1. The summed E-state index contributed by atoms with van der Waals surface area (Å²) in [6.07, 6.45) is 6.37. The van der Waals surface area contributed by atoms with Crippen LogP contribution in [0.2, 0.25) is 0 Å². The molecule has 0 radical (unpaired) electrons. The quantitative estimate of drug-likeness (QED) is 0.623. The molecule has 1 aliphatic heterocycles. The lowest BCUT2D eigenvalue weighted by atomic mass is 9.81. The lowest BCUT2D eigenvalue weighted by Crippen LogP contribution is -2.23. The smallest absolute Gasteiger partial charge is 0.134 e. The Morgan fingerprint density at radius 1 is 1.57 bits per heavy atom. The number of epoxide rings is 1. The highest BCUT2D eigenvalue weighted by Crippen LogP contribution is 2.56. The second kappa shape index (κ2) is 2.63. The maximum atomic E-state index is 5.94. The monoisotopic (exact) mass is 191 g/mol. The van der Waals surface area contributed by atoms with Crippen LogP contribution >= 0.6 is 0 Å². The van der Waals surface area contributed by atoms with Crippen LogP contribution in [0.4, 0.5) is 0 Å². The summed E-state index contributed by atoms with van der Waals surface area (Å²) >= 11 is 0. The zero-order chi connectivity index (χ0) is 9.76. The second-order valence-corrected chi connectivity index (χ2v) is 4.88. The zero-order valence-electron chi connectivity index (χ0n) is 8.86. The van der Waals surface area contributed by atoms with Gasteiger partial charge >= 0.3 is 0 Å². The van der Waals surface area contributed by atoms with E-state index in [4.69, 9.17) is 4.74 Å². The van der Waals surface area contributed by atoms with Crippen molar-refractivity contribution >= 4 is 0 Å². The van der Waals surface area contributed by atoms with E-state index in [2.05, 4.69) is 36.9 Å². The summed E-state index contributed by atoms with van der Waals surface area (Å²) in [6.45, 7) is 2.33. The molecule has 3 atom stereocenters. The molecule has 3 rings (SSSR count). The predicted molar refractivity (Wildman–Crippen MR) is 55.0 cm³/mol. The SMILES string of the molecule is C[C@@H]1CC[C@@]2(c3cccn3C)O[C@H]2C1. The van der Waals surface area contributed by atoms with Crippen molar-refractivity contribution in [3.63, 3.8) is 0 Å². The van der Waals surface area contributed by atoms with Crippen molar-refractivity contribution in [1.82, 2.24) is 4.57 Å². The fourth-order valence-corrected chi connectivity index (χ4v) is 2.88. The van der Waals surface area contributed by atoms with Gasteiger partial charge in [-0.25, -0.2) is 0 Å². The Bertz CT molecular complexity index is 357. The molecule has 0 N–H and O–H groups in total. The molecule has 14 heavy (non-hydrogen) atoms. The Kier molecular flexibility index (Phi) is 1.61. The highest BCUT2D eigenvalue weighted by molar-refractivity contribution is 5.25. The minimum absolute atomic E-state index is 0.102. The van der Waals surface area contributed by atoms with Gasteiger partial charge in [-0.05, 0) is 37.3 Å². The molecule has 76 valence electrons. The van der Waals surface area contributed by atoms with E-state index in [9.17, 15) is 0 Å². The van der Waals surface area contributed by atoms with Gasteiger partial charge < -0.3 is 9.30 Å². The second-order valence-electron chi connectivity index (χ2n) is 4.88. The van der Waals surface area contributed by atoms with Gasteiger partial charge in [0.15, 0.2) is 0 Å². The van der Waals surface area contributed by atoms with Crippen molar-refractivity contribution in [2.75, 3.05) is 0 Å². The minimum Gasteiger partial charge on any atom is -0.359 e. The summed E-state index contributed by atoms with van der Waals surface area (Å²) in [6, 6.07) is 4.32. The van der Waals surface area contributed by atoms with Crippen LogP contribution in [0.25, 0.3) is 0 Å². The molecule has 1 saturated carbocycles. The molecule has 2 heteroatoms. The molecule has 1 aromatic heterocycles. The maximum Gasteiger partial charge on any atom is 0.134 e. The van der Waals surface area contributed by atoms with E-state index in [0.717, 1.165) is 5.92 Å². The number of hydrogen-bond donors (Lipinski definition) is 0. The average Bonchev–Trinajstić information content (AvgIpc) is 2.71. The van der Waals surface area contributed by atoms with E-state index in [1.165, 1.54) is 25.0 Å². The largest absolute Gasteiger partial charge is 0.359 e. The Labute approximate surface area is 84.9 Å². The molecule has 2 nitrogen and oxygen atoms in total. The number of aromatic nitrogens is 1. The molecule has 1 aliphatic carbocycles. The van der Waals surface area contributed by atoms with Crippen LogP contribution in [-0.2, 0) is 17.4 Å². The molecule has 0 amide bonds. The molecule has 2 heterocycles. The number of aryl methyl sites for hydroxylation is 1. The molecule has 0 bridgehead atoms. The highest BCUT2D eigenvalue weighted by atomic mass is 16.6. The van der Waals surface area contributed by atoms with Gasteiger partial charge in [0.1, 0.15) is 5.60 Å². The maximum absolute atomic E-state index is 5.94. The van der Waals surface area contributed by atoms with Gasteiger partial charge in [-0.3, -0.25) is 0 Å². The first-order chi connectivity index (χ1) is 6.72. The van der Waals surface area contributed by atoms with Crippen molar-refractivity contribution < 1.29 is 4.74 Å². The number of fused-ring (bicyclic) bond motifs is 1. The summed E-state index contributed by atoms with van der Waals surface area (Å²) in [5, 5.41) is 0. The zero-order valence-corrected chi connectivity index (χ0v) is 8.86. The number of ether oxygens (including phenoxy) is 1. The third kappa shape index (κ3) is 1.01. The van der Waals surface area contributed by atoms with E-state index in [-0.39, 0.29) is 5.60 Å². The Hall–Kier alpha value is -0.760. The lowest BCUT2D eigenvalue weighted by molar-refractivity contribution is 0.275. The normalized spacial score (nSPS) is 40.7. The van der Waals surface area contributed by atoms with Crippen LogP contribution in [-0.4, -0.2) is 10.7 Å². The Morgan fingerprint density at radius 2 is 2.43 bits per heavy atom. The van der Waals surface area contributed by atoms with Gasteiger partial charge in [0, 0.05) is 13.2 Å². The Balaban J connectivity index is 1.91. The van der Waals surface area contributed by atoms with Crippen molar-refractivity contribution in [3.8, 4) is 0 Å². The molecule has 1 saturated heterocycles. The van der Waals surface area contributed by atoms with Gasteiger partial charge in [0.05, 0.1) is 11.8 Å². The first kappa shape index (κ1) is 8.54. The van der Waals surface area contributed by atoms with Crippen molar-refractivity contribution in [3.05, 3.63) is 24.0 Å². The summed E-state index contributed by atoms with van der Waals surface area (Å²) in [5.74, 6) is 0.843. The van der Waals surface area contributed by atoms with Gasteiger partial charge in [-0.1, -0.05) is 6.92 Å². The summed E-state index contributed by atoms with van der Waals surface area (Å²) in [7, 11) is 2.11. The topological polar surface area (TPSA) is 17.5 Å². The predicted octanol–water partition coefficient (Wildman–Crippen LogP) is 2.44. The Morgan fingerprint density at radius 3 is 3.07 bits per heavy atom. The highest BCUT2D eigenvalue weighted by Gasteiger charge is 2.60. The van der Waals surface area contributed by atoms with Crippen molar-refractivity contribution in [1.29, 1.82) is 0 Å². The van der Waals surface area contributed by atoms with Crippen LogP contribution in [0.1, 0.15) is 31.9 Å². The molecule has 2 fully saturated rings. The molecule has 2 aliphatic rings. The van der Waals surface area contributed by atoms with Crippen molar-refractivity contribution in [2.24, 2.45) is 13.0 Å². The molecule has 1 aromatic rings. The number of nitrogens with zero attached hydrogens (tertiary/aromatic N) is 1. The van der Waals surface area contributed by atoms with E-state index >= 15 is 0 Å². The third-order valence-corrected chi connectivity index (χ3v) is 3.82. The molecular weight excluding hydrogens is 174 g/mol. The van der Waals surface area contributed by atoms with E-state index in [0.29, 0.717) is 6.10 Å². The third-order valence-electron chi connectivity index (χ3n) is 3.82. The first-order valence-corrected chi connectivity index (χ1v) is 5.52. The molecule has 0 aromatic carbocycles. The fraction of sp³-hybridized carbons (Fsp3) is 0.667. The minimum atomic E-state index is 0.102.